The third-order valence-corrected chi connectivity index (χ3v) is 3.33. The number of methoxy groups -OCH3 is 1. The Morgan fingerprint density at radius 3 is 2.43 bits per heavy atom. The largest absolute Gasteiger partial charge is 0.444 e. The van der Waals surface area contributed by atoms with Gasteiger partial charge in [0, 0.05) is 26.2 Å². The predicted octanol–water partition coefficient (Wildman–Crippen LogP) is 2.45. The zero-order valence-electron chi connectivity index (χ0n) is 15.7. The summed E-state index contributed by atoms with van der Waals surface area (Å²) < 4.78 is 10.4. The van der Waals surface area contributed by atoms with Crippen molar-refractivity contribution in [1.29, 1.82) is 0 Å². The maximum atomic E-state index is 11.6. The lowest BCUT2D eigenvalue weighted by Gasteiger charge is -2.27. The number of nitrogens with one attached hydrogen (secondary N) is 2. The van der Waals surface area contributed by atoms with E-state index in [1.165, 1.54) is 0 Å². The molecule has 0 rings (SSSR count). The molecular weight excluding hydrogens is 296 g/mol. The van der Waals surface area contributed by atoms with Crippen molar-refractivity contribution in [2.75, 3.05) is 26.8 Å². The first-order valence-electron chi connectivity index (χ1n) is 8.51. The molecule has 0 saturated heterocycles. The minimum absolute atomic E-state index is 0.156. The molecule has 0 aliphatic heterocycles. The molecule has 0 aromatic carbocycles. The van der Waals surface area contributed by atoms with Gasteiger partial charge >= 0.3 is 6.09 Å². The van der Waals surface area contributed by atoms with Crippen LogP contribution in [0, 0.1) is 0 Å². The molecule has 138 valence electrons. The summed E-state index contributed by atoms with van der Waals surface area (Å²) in [5.41, 5.74) is -1.18. The molecule has 0 aliphatic carbocycles. The molecule has 0 aromatic rings. The molecule has 0 aromatic heterocycles. The highest BCUT2D eigenvalue weighted by atomic mass is 16.6. The Labute approximate surface area is 141 Å². The third kappa shape index (κ3) is 13.3. The van der Waals surface area contributed by atoms with E-state index in [2.05, 4.69) is 17.6 Å². The first-order chi connectivity index (χ1) is 10.6. The smallest absolute Gasteiger partial charge is 0.407 e. The number of amides is 1. The minimum atomic E-state index is -0.699. The van der Waals surface area contributed by atoms with Crippen LogP contribution in [0.3, 0.4) is 0 Å². The monoisotopic (exact) mass is 332 g/mol. The van der Waals surface area contributed by atoms with Gasteiger partial charge in [0.15, 0.2) is 0 Å². The van der Waals surface area contributed by atoms with Crippen LogP contribution in [0.25, 0.3) is 0 Å². The summed E-state index contributed by atoms with van der Waals surface area (Å²) in [7, 11) is 1.66. The second-order valence-electron chi connectivity index (χ2n) is 7.35. The molecule has 0 aliphatic rings. The highest BCUT2D eigenvalue weighted by Crippen LogP contribution is 2.11. The summed E-state index contributed by atoms with van der Waals surface area (Å²) in [5, 5.41) is 16.3. The van der Waals surface area contributed by atoms with E-state index in [0.717, 1.165) is 25.7 Å². The molecule has 0 saturated carbocycles. The molecule has 2 unspecified atom stereocenters. The van der Waals surface area contributed by atoms with Crippen molar-refractivity contribution in [3.8, 4) is 0 Å². The number of aliphatic hydroxyl groups is 1. The van der Waals surface area contributed by atoms with Crippen molar-refractivity contribution in [2.24, 2.45) is 0 Å². The summed E-state index contributed by atoms with van der Waals surface area (Å²) in [5.74, 6) is 0. The van der Waals surface area contributed by atoms with Gasteiger partial charge < -0.3 is 25.2 Å². The first kappa shape index (κ1) is 22.1. The van der Waals surface area contributed by atoms with Crippen LogP contribution in [-0.4, -0.2) is 55.2 Å². The minimum Gasteiger partial charge on any atom is -0.444 e. The van der Waals surface area contributed by atoms with Crippen LogP contribution < -0.4 is 10.6 Å². The standard InChI is InChI=1S/C17H36N2O4/c1-7-10-17(5,21)13-19-14(12-22-6)9-8-11-18-15(20)23-16(2,3)4/h14,19,21H,7-13H2,1-6H3,(H,18,20). The van der Waals surface area contributed by atoms with Crippen molar-refractivity contribution >= 4 is 6.09 Å². The summed E-state index contributed by atoms with van der Waals surface area (Å²) >= 11 is 0. The van der Waals surface area contributed by atoms with Crippen LogP contribution in [0.1, 0.15) is 60.3 Å². The highest BCUT2D eigenvalue weighted by Gasteiger charge is 2.21. The Hall–Kier alpha value is -0.850. The number of rotatable bonds is 11. The molecule has 0 fully saturated rings. The van der Waals surface area contributed by atoms with Crippen molar-refractivity contribution in [2.45, 2.75) is 77.5 Å². The van der Waals surface area contributed by atoms with Gasteiger partial charge in [-0.1, -0.05) is 13.3 Å². The molecule has 0 heterocycles. The van der Waals surface area contributed by atoms with Gasteiger partial charge in [-0.25, -0.2) is 4.79 Å². The quantitative estimate of drug-likeness (QED) is 0.507. The van der Waals surface area contributed by atoms with Gasteiger partial charge in [-0.3, -0.25) is 0 Å². The summed E-state index contributed by atoms with van der Waals surface area (Å²) in [6.45, 7) is 11.1. The fraction of sp³-hybridized carbons (Fsp3) is 0.941. The molecular formula is C17H36N2O4. The first-order valence-corrected chi connectivity index (χ1v) is 8.51. The number of hydrogen-bond donors (Lipinski definition) is 3. The second kappa shape index (κ2) is 10.8. The topological polar surface area (TPSA) is 79.8 Å². The average molecular weight is 332 g/mol. The van der Waals surface area contributed by atoms with Gasteiger partial charge in [-0.15, -0.1) is 0 Å². The molecule has 3 N–H and O–H groups in total. The normalized spacial score (nSPS) is 15.8. The van der Waals surface area contributed by atoms with Crippen LogP contribution >= 0.6 is 0 Å². The Morgan fingerprint density at radius 1 is 1.26 bits per heavy atom. The molecule has 0 spiro atoms. The van der Waals surface area contributed by atoms with E-state index in [4.69, 9.17) is 9.47 Å². The van der Waals surface area contributed by atoms with Gasteiger partial charge in [0.2, 0.25) is 0 Å². The molecule has 0 bridgehead atoms. The Bertz CT molecular complexity index is 327. The lowest BCUT2D eigenvalue weighted by Crippen LogP contribution is -2.44. The zero-order valence-corrected chi connectivity index (χ0v) is 15.7. The lowest BCUT2D eigenvalue weighted by atomic mass is 10.00. The van der Waals surface area contributed by atoms with Crippen molar-refractivity contribution in [3.05, 3.63) is 0 Å². The van der Waals surface area contributed by atoms with Crippen LogP contribution in [-0.2, 0) is 9.47 Å². The van der Waals surface area contributed by atoms with E-state index in [-0.39, 0.29) is 12.1 Å². The Balaban J connectivity index is 4.03. The van der Waals surface area contributed by atoms with Crippen LogP contribution in [0.5, 0.6) is 0 Å². The molecule has 1 amide bonds. The Kier molecular flexibility index (Phi) is 10.4. The summed E-state index contributed by atoms with van der Waals surface area (Å²) in [6.07, 6.45) is 2.99. The van der Waals surface area contributed by atoms with Gasteiger partial charge in [-0.05, 0) is 47.0 Å². The van der Waals surface area contributed by atoms with Gasteiger partial charge in [0.05, 0.1) is 12.2 Å². The van der Waals surface area contributed by atoms with Crippen molar-refractivity contribution < 1.29 is 19.4 Å². The molecule has 23 heavy (non-hydrogen) atoms. The molecule has 0 radical (unpaired) electrons. The van der Waals surface area contributed by atoms with Gasteiger partial charge in [0.25, 0.3) is 0 Å². The van der Waals surface area contributed by atoms with E-state index < -0.39 is 11.2 Å². The highest BCUT2D eigenvalue weighted by molar-refractivity contribution is 5.67. The van der Waals surface area contributed by atoms with E-state index in [0.29, 0.717) is 19.7 Å². The van der Waals surface area contributed by atoms with E-state index >= 15 is 0 Å². The number of carbonyl (C=O) groups excluding carboxylic acids is 1. The SMILES string of the molecule is CCCC(C)(O)CNC(CCCNC(=O)OC(C)(C)C)COC. The summed E-state index contributed by atoms with van der Waals surface area (Å²) in [4.78, 5) is 11.6. The maximum absolute atomic E-state index is 11.6. The molecule has 2 atom stereocenters. The fourth-order valence-electron chi connectivity index (χ4n) is 2.29. The van der Waals surface area contributed by atoms with E-state index in [1.807, 2.05) is 27.7 Å². The predicted molar refractivity (Wildman–Crippen MR) is 92.7 cm³/mol. The molecule has 6 heteroatoms. The van der Waals surface area contributed by atoms with E-state index in [1.54, 1.807) is 7.11 Å². The zero-order chi connectivity index (χ0) is 17.9. The van der Waals surface area contributed by atoms with Crippen LogP contribution in [0.2, 0.25) is 0 Å². The van der Waals surface area contributed by atoms with E-state index in [9.17, 15) is 9.90 Å². The number of carbonyl (C=O) groups is 1. The molecule has 6 nitrogen and oxygen atoms in total. The lowest BCUT2D eigenvalue weighted by molar-refractivity contribution is 0.0421. The maximum Gasteiger partial charge on any atom is 0.407 e. The number of alkyl carbamates (subject to hydrolysis) is 1. The number of ether oxygens (including phenoxy) is 2. The van der Waals surface area contributed by atoms with Crippen LogP contribution in [0.4, 0.5) is 4.79 Å². The van der Waals surface area contributed by atoms with Crippen molar-refractivity contribution in [3.63, 3.8) is 0 Å². The van der Waals surface area contributed by atoms with Gasteiger partial charge in [0.1, 0.15) is 5.60 Å². The van der Waals surface area contributed by atoms with Gasteiger partial charge in [-0.2, -0.15) is 0 Å². The Morgan fingerprint density at radius 2 is 1.91 bits per heavy atom. The van der Waals surface area contributed by atoms with Crippen molar-refractivity contribution in [1.82, 2.24) is 10.6 Å². The number of hydrogen-bond acceptors (Lipinski definition) is 5. The summed E-state index contributed by atoms with van der Waals surface area (Å²) in [6, 6.07) is 0.156. The average Bonchev–Trinajstić information content (AvgIpc) is 2.38. The third-order valence-electron chi connectivity index (χ3n) is 3.33. The second-order valence-corrected chi connectivity index (χ2v) is 7.35. The van der Waals surface area contributed by atoms with Crippen LogP contribution in [0.15, 0.2) is 0 Å². The fourth-order valence-corrected chi connectivity index (χ4v) is 2.29.